The number of furan rings is 1. The van der Waals surface area contributed by atoms with Gasteiger partial charge in [0.2, 0.25) is 0 Å². The second-order valence-corrected chi connectivity index (χ2v) is 3.67. The van der Waals surface area contributed by atoms with Gasteiger partial charge in [-0.3, -0.25) is 0 Å². The van der Waals surface area contributed by atoms with Crippen molar-refractivity contribution < 1.29 is 23.5 Å². The third-order valence-electron chi connectivity index (χ3n) is 2.25. The second-order valence-electron chi connectivity index (χ2n) is 3.67. The molecule has 0 saturated heterocycles. The molecule has 0 unspecified atom stereocenters. The first kappa shape index (κ1) is 14.8. The Morgan fingerprint density at radius 1 is 1.26 bits per heavy atom. The van der Waals surface area contributed by atoms with Crippen LogP contribution in [0.25, 0.3) is 5.57 Å². The summed E-state index contributed by atoms with van der Waals surface area (Å²) in [7, 11) is 0. The third-order valence-corrected chi connectivity index (χ3v) is 2.25. The van der Waals surface area contributed by atoms with Crippen LogP contribution in [0.3, 0.4) is 0 Å². The van der Waals surface area contributed by atoms with Crippen LogP contribution < -0.4 is 0 Å². The number of hydrogen-bond acceptors (Lipinski definition) is 5. The summed E-state index contributed by atoms with van der Waals surface area (Å²) in [6.07, 6.45) is 3.77. The Morgan fingerprint density at radius 3 is 2.53 bits per heavy atom. The predicted molar refractivity (Wildman–Crippen MR) is 69.1 cm³/mol. The highest BCUT2D eigenvalue weighted by Gasteiger charge is 2.12. The normalized spacial score (nSPS) is 9.68. The predicted octanol–water partition coefficient (Wildman–Crippen LogP) is 2.35. The van der Waals surface area contributed by atoms with Crippen LogP contribution in [0.4, 0.5) is 0 Å². The number of carbonyl (C=O) groups is 2. The molecule has 1 aromatic heterocycles. The number of rotatable bonds is 8. The minimum absolute atomic E-state index is 0.183. The van der Waals surface area contributed by atoms with E-state index in [-0.39, 0.29) is 18.8 Å². The van der Waals surface area contributed by atoms with Crippen molar-refractivity contribution in [1.29, 1.82) is 0 Å². The lowest BCUT2D eigenvalue weighted by molar-refractivity contribution is -0.139. The average molecular weight is 264 g/mol. The lowest BCUT2D eigenvalue weighted by Gasteiger charge is -2.05. The Kier molecular flexibility index (Phi) is 6.15. The zero-order chi connectivity index (χ0) is 14.1. The maximum atomic E-state index is 11.5. The quantitative estimate of drug-likeness (QED) is 0.409. The zero-order valence-electron chi connectivity index (χ0n) is 10.6. The summed E-state index contributed by atoms with van der Waals surface area (Å²) in [5.74, 6) is -0.578. The third kappa shape index (κ3) is 5.25. The highest BCUT2D eigenvalue weighted by atomic mass is 16.5. The standard InChI is InChI=1S/C14H16O5/c1-3-13(15)18-8-4-5-9-19-14(16)11(2)12-7-6-10-17-12/h3,6-7,10H,1-2,4-5,8-9H2. The molecular weight excluding hydrogens is 248 g/mol. The topological polar surface area (TPSA) is 65.7 Å². The lowest BCUT2D eigenvalue weighted by Crippen LogP contribution is -2.08. The summed E-state index contributed by atoms with van der Waals surface area (Å²) in [5, 5.41) is 0. The molecule has 5 heteroatoms. The van der Waals surface area contributed by atoms with Crippen molar-refractivity contribution in [2.24, 2.45) is 0 Å². The fraction of sp³-hybridized carbons (Fsp3) is 0.286. The molecule has 1 aromatic rings. The molecule has 0 bridgehead atoms. The van der Waals surface area contributed by atoms with Gasteiger partial charge in [0, 0.05) is 6.08 Å². The molecule has 5 nitrogen and oxygen atoms in total. The van der Waals surface area contributed by atoms with Crippen LogP contribution in [0.5, 0.6) is 0 Å². The summed E-state index contributed by atoms with van der Waals surface area (Å²) in [5.41, 5.74) is 0.183. The largest absolute Gasteiger partial charge is 0.464 e. The van der Waals surface area contributed by atoms with Crippen molar-refractivity contribution in [3.63, 3.8) is 0 Å². The molecule has 0 atom stereocenters. The Bertz CT molecular complexity index is 444. The monoisotopic (exact) mass is 264 g/mol. The van der Waals surface area contributed by atoms with Crippen LogP contribution in [0.15, 0.2) is 42.0 Å². The summed E-state index contributed by atoms with van der Waals surface area (Å²) in [4.78, 5) is 22.3. The molecule has 0 aliphatic heterocycles. The van der Waals surface area contributed by atoms with E-state index >= 15 is 0 Å². The van der Waals surface area contributed by atoms with Gasteiger partial charge in [-0.05, 0) is 25.0 Å². The van der Waals surface area contributed by atoms with Gasteiger partial charge in [0.25, 0.3) is 0 Å². The molecule has 0 spiro atoms. The molecule has 0 saturated carbocycles. The van der Waals surface area contributed by atoms with Crippen molar-refractivity contribution >= 4 is 17.5 Å². The van der Waals surface area contributed by atoms with Gasteiger partial charge in [0.15, 0.2) is 0 Å². The van der Waals surface area contributed by atoms with Crippen molar-refractivity contribution in [1.82, 2.24) is 0 Å². The van der Waals surface area contributed by atoms with Crippen LogP contribution >= 0.6 is 0 Å². The number of hydrogen-bond donors (Lipinski definition) is 0. The number of ether oxygens (including phenoxy) is 2. The molecule has 0 fully saturated rings. The average Bonchev–Trinajstić information content (AvgIpc) is 2.95. The minimum atomic E-state index is -0.516. The van der Waals surface area contributed by atoms with E-state index in [0.29, 0.717) is 18.6 Å². The lowest BCUT2D eigenvalue weighted by atomic mass is 10.2. The summed E-state index contributed by atoms with van der Waals surface area (Å²) < 4.78 is 14.8. The Morgan fingerprint density at radius 2 is 1.95 bits per heavy atom. The van der Waals surface area contributed by atoms with Crippen LogP contribution in [0, 0.1) is 0 Å². The molecule has 0 N–H and O–H groups in total. The molecule has 1 heterocycles. The number of carbonyl (C=O) groups excluding carboxylic acids is 2. The van der Waals surface area contributed by atoms with Gasteiger partial charge in [-0.2, -0.15) is 0 Å². The Balaban J connectivity index is 2.12. The van der Waals surface area contributed by atoms with Gasteiger partial charge < -0.3 is 13.9 Å². The molecule has 1 rings (SSSR count). The van der Waals surface area contributed by atoms with E-state index in [1.54, 1.807) is 12.1 Å². The van der Waals surface area contributed by atoms with Gasteiger partial charge in [-0.15, -0.1) is 0 Å². The van der Waals surface area contributed by atoms with Gasteiger partial charge in [-0.25, -0.2) is 9.59 Å². The van der Waals surface area contributed by atoms with Gasteiger partial charge in [0.1, 0.15) is 5.76 Å². The zero-order valence-corrected chi connectivity index (χ0v) is 10.6. The molecule has 0 aliphatic rings. The SMILES string of the molecule is C=CC(=O)OCCCCOC(=O)C(=C)c1ccco1. The Hall–Kier alpha value is -2.30. The van der Waals surface area contributed by atoms with Crippen molar-refractivity contribution in [3.05, 3.63) is 43.4 Å². The summed E-state index contributed by atoms with van der Waals surface area (Å²) >= 11 is 0. The van der Waals surface area contributed by atoms with E-state index in [1.807, 2.05) is 0 Å². The summed E-state index contributed by atoms with van der Waals surface area (Å²) in [6, 6.07) is 3.31. The van der Waals surface area contributed by atoms with Gasteiger partial charge in [0.05, 0.1) is 25.1 Å². The van der Waals surface area contributed by atoms with E-state index in [1.165, 1.54) is 6.26 Å². The van der Waals surface area contributed by atoms with E-state index in [0.717, 1.165) is 6.08 Å². The van der Waals surface area contributed by atoms with E-state index in [4.69, 9.17) is 13.9 Å². The highest BCUT2D eigenvalue weighted by Crippen LogP contribution is 2.14. The van der Waals surface area contributed by atoms with E-state index < -0.39 is 11.9 Å². The second kappa shape index (κ2) is 7.92. The first-order valence-electron chi connectivity index (χ1n) is 5.84. The Labute approximate surface area is 111 Å². The molecular formula is C14H16O5. The fourth-order valence-corrected chi connectivity index (χ4v) is 1.24. The molecule has 0 aromatic carbocycles. The molecule has 0 aliphatic carbocycles. The van der Waals surface area contributed by atoms with E-state index in [9.17, 15) is 9.59 Å². The van der Waals surface area contributed by atoms with Crippen LogP contribution in [0.1, 0.15) is 18.6 Å². The fourth-order valence-electron chi connectivity index (χ4n) is 1.24. The van der Waals surface area contributed by atoms with Gasteiger partial charge >= 0.3 is 11.9 Å². The van der Waals surface area contributed by atoms with Crippen molar-refractivity contribution in [3.8, 4) is 0 Å². The van der Waals surface area contributed by atoms with Crippen LogP contribution in [-0.4, -0.2) is 25.2 Å². The van der Waals surface area contributed by atoms with Gasteiger partial charge in [-0.1, -0.05) is 13.2 Å². The van der Waals surface area contributed by atoms with Crippen molar-refractivity contribution in [2.75, 3.05) is 13.2 Å². The molecule has 102 valence electrons. The highest BCUT2D eigenvalue weighted by molar-refractivity contribution is 6.14. The number of esters is 2. The maximum Gasteiger partial charge on any atom is 0.341 e. The van der Waals surface area contributed by atoms with Crippen LogP contribution in [-0.2, 0) is 19.1 Å². The minimum Gasteiger partial charge on any atom is -0.464 e. The molecule has 0 amide bonds. The van der Waals surface area contributed by atoms with Crippen LogP contribution in [0.2, 0.25) is 0 Å². The summed E-state index contributed by atoms with van der Waals surface area (Å²) in [6.45, 7) is 7.40. The molecule has 0 radical (unpaired) electrons. The van der Waals surface area contributed by atoms with E-state index in [2.05, 4.69) is 13.2 Å². The smallest absolute Gasteiger partial charge is 0.341 e. The first-order chi connectivity index (χ1) is 9.15. The first-order valence-corrected chi connectivity index (χ1v) is 5.84. The molecule has 19 heavy (non-hydrogen) atoms. The maximum absolute atomic E-state index is 11.5. The number of unbranched alkanes of at least 4 members (excludes halogenated alkanes) is 1. The van der Waals surface area contributed by atoms with Crippen molar-refractivity contribution in [2.45, 2.75) is 12.8 Å².